The first-order valence-electron chi connectivity index (χ1n) is 5.72. The van der Waals surface area contributed by atoms with Crippen LogP contribution in [0.25, 0.3) is 6.08 Å². The third-order valence-electron chi connectivity index (χ3n) is 2.36. The van der Waals surface area contributed by atoms with E-state index in [1.807, 2.05) is 0 Å². The van der Waals surface area contributed by atoms with Crippen LogP contribution in [0.5, 0.6) is 0 Å². The Hall–Kier alpha value is -1.12. The second-order valence-electron chi connectivity index (χ2n) is 3.95. The van der Waals surface area contributed by atoms with Crippen molar-refractivity contribution >= 4 is 6.08 Å². The summed E-state index contributed by atoms with van der Waals surface area (Å²) in [6.45, 7) is 6.91. The first kappa shape index (κ1) is 12.9. The highest BCUT2D eigenvalue weighted by atomic mass is 16.5. The number of likely N-dealkylation sites (N-methyl/N-ethyl adjacent to an activating group) is 1. The van der Waals surface area contributed by atoms with Crippen LogP contribution < -0.4 is 5.32 Å². The summed E-state index contributed by atoms with van der Waals surface area (Å²) in [7, 11) is 1.72. The molecule has 1 aromatic carbocycles. The average Bonchev–Trinajstić information content (AvgIpc) is 2.29. The van der Waals surface area contributed by atoms with Crippen molar-refractivity contribution in [2.24, 2.45) is 0 Å². The third kappa shape index (κ3) is 4.60. The molecular formula is C14H21NO. The molecule has 0 atom stereocenters. The van der Waals surface area contributed by atoms with E-state index in [1.54, 1.807) is 7.11 Å². The van der Waals surface area contributed by atoms with Crippen LogP contribution >= 0.6 is 0 Å². The lowest BCUT2D eigenvalue weighted by molar-refractivity contribution is 0.185. The highest BCUT2D eigenvalue weighted by Gasteiger charge is 1.93. The summed E-state index contributed by atoms with van der Waals surface area (Å²) in [4.78, 5) is 0. The van der Waals surface area contributed by atoms with Gasteiger partial charge in [-0.25, -0.2) is 0 Å². The Morgan fingerprint density at radius 2 is 2.00 bits per heavy atom. The monoisotopic (exact) mass is 219 g/mol. The van der Waals surface area contributed by atoms with Gasteiger partial charge in [0.25, 0.3) is 0 Å². The van der Waals surface area contributed by atoms with Crippen LogP contribution in [0.4, 0.5) is 0 Å². The molecule has 0 aliphatic heterocycles. The quantitative estimate of drug-likeness (QED) is 0.794. The Kier molecular flexibility index (Phi) is 5.83. The van der Waals surface area contributed by atoms with Gasteiger partial charge in [0.1, 0.15) is 0 Å². The molecule has 0 bridgehead atoms. The Morgan fingerprint density at radius 1 is 1.31 bits per heavy atom. The van der Waals surface area contributed by atoms with Gasteiger partial charge in [-0.1, -0.05) is 42.8 Å². The number of hydrogen-bond acceptors (Lipinski definition) is 2. The predicted octanol–water partition coefficient (Wildman–Crippen LogP) is 2.85. The predicted molar refractivity (Wildman–Crippen MR) is 69.3 cm³/mol. The maximum absolute atomic E-state index is 5.08. The summed E-state index contributed by atoms with van der Waals surface area (Å²) < 4.78 is 5.08. The maximum Gasteiger partial charge on any atom is 0.0713 e. The van der Waals surface area contributed by atoms with Gasteiger partial charge in [-0.05, 0) is 24.6 Å². The highest BCUT2D eigenvalue weighted by molar-refractivity contribution is 5.53. The lowest BCUT2D eigenvalue weighted by Crippen LogP contribution is -2.14. The smallest absolute Gasteiger partial charge is 0.0713 e. The van der Waals surface area contributed by atoms with Gasteiger partial charge < -0.3 is 10.1 Å². The molecule has 0 saturated carbocycles. The van der Waals surface area contributed by atoms with Crippen LogP contribution in [0.1, 0.15) is 25.0 Å². The summed E-state index contributed by atoms with van der Waals surface area (Å²) in [5.74, 6) is 0. The SMILES string of the molecule is CCNCC(C)=Cc1ccc(COC)cc1. The first-order chi connectivity index (χ1) is 7.76. The molecule has 2 heteroatoms. The molecule has 16 heavy (non-hydrogen) atoms. The number of rotatable bonds is 6. The van der Waals surface area contributed by atoms with Crippen molar-refractivity contribution in [1.29, 1.82) is 0 Å². The molecule has 0 amide bonds. The van der Waals surface area contributed by atoms with E-state index in [1.165, 1.54) is 16.7 Å². The van der Waals surface area contributed by atoms with E-state index in [4.69, 9.17) is 4.74 Å². The average molecular weight is 219 g/mol. The van der Waals surface area contributed by atoms with Crippen LogP contribution in [0.3, 0.4) is 0 Å². The lowest BCUT2D eigenvalue weighted by atomic mass is 10.1. The van der Waals surface area contributed by atoms with E-state index in [9.17, 15) is 0 Å². The summed E-state index contributed by atoms with van der Waals surface area (Å²) in [6.07, 6.45) is 2.21. The number of hydrogen-bond donors (Lipinski definition) is 1. The van der Waals surface area contributed by atoms with Crippen LogP contribution in [0.2, 0.25) is 0 Å². The molecule has 1 rings (SSSR count). The standard InChI is InChI=1S/C14H21NO/c1-4-15-10-12(2)9-13-5-7-14(8-6-13)11-16-3/h5-9,15H,4,10-11H2,1-3H3. The minimum atomic E-state index is 0.681. The van der Waals surface area contributed by atoms with Gasteiger partial charge >= 0.3 is 0 Å². The van der Waals surface area contributed by atoms with E-state index >= 15 is 0 Å². The molecule has 0 aliphatic carbocycles. The fraction of sp³-hybridized carbons (Fsp3) is 0.429. The van der Waals surface area contributed by atoms with E-state index in [-0.39, 0.29) is 0 Å². The molecule has 0 fully saturated rings. The minimum Gasteiger partial charge on any atom is -0.380 e. The topological polar surface area (TPSA) is 21.3 Å². The van der Waals surface area contributed by atoms with Crippen molar-refractivity contribution in [1.82, 2.24) is 5.32 Å². The maximum atomic E-state index is 5.08. The normalized spacial score (nSPS) is 11.8. The van der Waals surface area contributed by atoms with Gasteiger partial charge in [0.2, 0.25) is 0 Å². The summed E-state index contributed by atoms with van der Waals surface area (Å²) >= 11 is 0. The van der Waals surface area contributed by atoms with Gasteiger partial charge in [0.15, 0.2) is 0 Å². The van der Waals surface area contributed by atoms with Gasteiger partial charge in [-0.3, -0.25) is 0 Å². The molecule has 2 nitrogen and oxygen atoms in total. The van der Waals surface area contributed by atoms with Gasteiger partial charge in [-0.15, -0.1) is 0 Å². The molecule has 88 valence electrons. The van der Waals surface area contributed by atoms with Crippen LogP contribution in [-0.2, 0) is 11.3 Å². The summed E-state index contributed by atoms with van der Waals surface area (Å²) in [5.41, 5.74) is 3.81. The highest BCUT2D eigenvalue weighted by Crippen LogP contribution is 2.09. The van der Waals surface area contributed by atoms with E-state index in [0.29, 0.717) is 6.61 Å². The second kappa shape index (κ2) is 7.20. The van der Waals surface area contributed by atoms with Crippen molar-refractivity contribution in [2.45, 2.75) is 20.5 Å². The van der Waals surface area contributed by atoms with Gasteiger partial charge in [0, 0.05) is 13.7 Å². The van der Waals surface area contributed by atoms with Gasteiger partial charge in [-0.2, -0.15) is 0 Å². The third-order valence-corrected chi connectivity index (χ3v) is 2.36. The molecule has 1 aromatic rings. The van der Waals surface area contributed by atoms with Crippen molar-refractivity contribution in [2.75, 3.05) is 20.2 Å². The van der Waals surface area contributed by atoms with Crippen LogP contribution in [0, 0.1) is 0 Å². The molecule has 1 N–H and O–H groups in total. The van der Waals surface area contributed by atoms with Crippen LogP contribution in [-0.4, -0.2) is 20.2 Å². The first-order valence-corrected chi connectivity index (χ1v) is 5.72. The van der Waals surface area contributed by atoms with E-state index in [0.717, 1.165) is 13.1 Å². The molecule has 0 aliphatic rings. The van der Waals surface area contributed by atoms with Gasteiger partial charge in [0.05, 0.1) is 6.61 Å². The zero-order valence-electron chi connectivity index (χ0n) is 10.4. The molecule has 0 aromatic heterocycles. The molecule has 0 spiro atoms. The second-order valence-corrected chi connectivity index (χ2v) is 3.95. The summed E-state index contributed by atoms with van der Waals surface area (Å²) in [5, 5.41) is 3.31. The van der Waals surface area contributed by atoms with Crippen molar-refractivity contribution < 1.29 is 4.74 Å². The fourth-order valence-corrected chi connectivity index (χ4v) is 1.53. The Balaban J connectivity index is 2.59. The zero-order valence-corrected chi connectivity index (χ0v) is 10.4. The number of nitrogens with one attached hydrogen (secondary N) is 1. The molecular weight excluding hydrogens is 198 g/mol. The van der Waals surface area contributed by atoms with Crippen LogP contribution in [0.15, 0.2) is 29.8 Å². The zero-order chi connectivity index (χ0) is 11.8. The fourth-order valence-electron chi connectivity index (χ4n) is 1.53. The van der Waals surface area contributed by atoms with Crippen molar-refractivity contribution in [3.63, 3.8) is 0 Å². The van der Waals surface area contributed by atoms with E-state index < -0.39 is 0 Å². The van der Waals surface area contributed by atoms with Crippen molar-refractivity contribution in [3.8, 4) is 0 Å². The molecule has 0 unspecified atom stereocenters. The Bertz CT molecular complexity index is 327. The van der Waals surface area contributed by atoms with E-state index in [2.05, 4.69) is 49.5 Å². The number of ether oxygens (including phenoxy) is 1. The largest absolute Gasteiger partial charge is 0.380 e. The molecule has 0 saturated heterocycles. The summed E-state index contributed by atoms with van der Waals surface area (Å²) in [6, 6.07) is 8.47. The number of benzene rings is 1. The number of methoxy groups -OCH3 is 1. The minimum absolute atomic E-state index is 0.681. The Morgan fingerprint density at radius 3 is 2.56 bits per heavy atom. The van der Waals surface area contributed by atoms with Crippen molar-refractivity contribution in [3.05, 3.63) is 41.0 Å². The molecule has 0 heterocycles. The lowest BCUT2D eigenvalue weighted by Gasteiger charge is -2.03. The Labute approximate surface area is 98.3 Å². The molecule has 0 radical (unpaired) electrons.